The van der Waals surface area contributed by atoms with E-state index in [1.54, 1.807) is 6.92 Å². The van der Waals surface area contributed by atoms with Crippen LogP contribution in [0.25, 0.3) is 0 Å². The molecule has 0 saturated heterocycles. The maximum atomic E-state index is 12.9. The van der Waals surface area contributed by atoms with Crippen LogP contribution in [0.5, 0.6) is 0 Å². The van der Waals surface area contributed by atoms with Crippen LogP contribution in [0.4, 0.5) is 4.39 Å². The standard InChI is InChI=1S/C8H5BBrFO/c1-4-7(11)2-6(9)5(3-12)8(4)10/h2-3H,1H3. The van der Waals surface area contributed by atoms with Crippen molar-refractivity contribution in [3.05, 3.63) is 27.5 Å². The highest BCUT2D eigenvalue weighted by atomic mass is 79.9. The highest BCUT2D eigenvalue weighted by molar-refractivity contribution is 9.10. The Kier molecular flexibility index (Phi) is 2.67. The third-order valence-electron chi connectivity index (χ3n) is 1.64. The van der Waals surface area contributed by atoms with E-state index >= 15 is 0 Å². The maximum Gasteiger partial charge on any atom is 0.150 e. The molecule has 0 aromatic heterocycles. The van der Waals surface area contributed by atoms with Crippen LogP contribution in [0.2, 0.25) is 0 Å². The summed E-state index contributed by atoms with van der Waals surface area (Å²) in [5.41, 5.74) is 0.847. The van der Waals surface area contributed by atoms with Gasteiger partial charge in [-0.05, 0) is 34.5 Å². The Bertz CT molecular complexity index is 338. The van der Waals surface area contributed by atoms with Gasteiger partial charge in [-0.3, -0.25) is 4.79 Å². The first kappa shape index (κ1) is 9.45. The van der Waals surface area contributed by atoms with Gasteiger partial charge >= 0.3 is 0 Å². The van der Waals surface area contributed by atoms with E-state index in [4.69, 9.17) is 7.85 Å². The van der Waals surface area contributed by atoms with Crippen LogP contribution >= 0.6 is 15.9 Å². The van der Waals surface area contributed by atoms with Crippen LogP contribution in [0.15, 0.2) is 10.5 Å². The molecule has 1 aromatic rings. The lowest BCUT2D eigenvalue weighted by Gasteiger charge is -2.06. The van der Waals surface area contributed by atoms with Gasteiger partial charge in [-0.1, -0.05) is 5.46 Å². The second kappa shape index (κ2) is 3.39. The lowest BCUT2D eigenvalue weighted by atomic mass is 9.90. The molecule has 0 spiro atoms. The van der Waals surface area contributed by atoms with E-state index in [1.165, 1.54) is 0 Å². The average molecular weight is 227 g/mol. The van der Waals surface area contributed by atoms with E-state index in [-0.39, 0.29) is 5.46 Å². The van der Waals surface area contributed by atoms with Gasteiger partial charge < -0.3 is 0 Å². The Balaban J connectivity index is 3.51. The van der Waals surface area contributed by atoms with Gasteiger partial charge in [-0.2, -0.15) is 0 Å². The number of benzene rings is 1. The highest BCUT2D eigenvalue weighted by Crippen LogP contribution is 2.20. The van der Waals surface area contributed by atoms with Gasteiger partial charge in [0.05, 0.1) is 0 Å². The molecule has 1 nitrogen and oxygen atoms in total. The number of carbonyl (C=O) groups is 1. The quantitative estimate of drug-likeness (QED) is 0.524. The zero-order valence-corrected chi connectivity index (χ0v) is 7.98. The lowest BCUT2D eigenvalue weighted by molar-refractivity contribution is 0.112. The predicted molar refractivity (Wildman–Crippen MR) is 49.6 cm³/mol. The van der Waals surface area contributed by atoms with Crippen LogP contribution in [-0.2, 0) is 0 Å². The molecule has 0 aliphatic rings. The summed E-state index contributed by atoms with van der Waals surface area (Å²) < 4.78 is 13.4. The first-order valence-electron chi connectivity index (χ1n) is 3.27. The van der Waals surface area contributed by atoms with Gasteiger partial charge in [0.2, 0.25) is 0 Å². The summed E-state index contributed by atoms with van der Waals surface area (Å²) in [5, 5.41) is 0. The van der Waals surface area contributed by atoms with Gasteiger partial charge in [-0.25, -0.2) is 4.39 Å². The summed E-state index contributed by atoms with van der Waals surface area (Å²) in [7, 11) is 5.40. The SMILES string of the molecule is [B]c1cc(F)c(C)c(Br)c1C=O. The number of hydrogen-bond donors (Lipinski definition) is 0. The monoisotopic (exact) mass is 226 g/mol. The zero-order valence-electron chi connectivity index (χ0n) is 6.40. The normalized spacial score (nSPS) is 9.92. The van der Waals surface area contributed by atoms with E-state index in [9.17, 15) is 9.18 Å². The first-order chi connectivity index (χ1) is 5.57. The molecule has 1 aromatic carbocycles. The predicted octanol–water partition coefficient (Wildman–Crippen LogP) is 1.50. The molecule has 0 amide bonds. The van der Waals surface area contributed by atoms with Gasteiger partial charge in [0.1, 0.15) is 13.7 Å². The molecule has 60 valence electrons. The molecule has 0 fully saturated rings. The molecule has 12 heavy (non-hydrogen) atoms. The summed E-state index contributed by atoms with van der Waals surface area (Å²) in [4.78, 5) is 10.5. The summed E-state index contributed by atoms with van der Waals surface area (Å²) in [6.45, 7) is 1.58. The van der Waals surface area contributed by atoms with Crippen LogP contribution in [0.3, 0.4) is 0 Å². The topological polar surface area (TPSA) is 17.1 Å². The molecule has 4 heteroatoms. The van der Waals surface area contributed by atoms with Crippen LogP contribution in [-0.4, -0.2) is 14.1 Å². The minimum Gasteiger partial charge on any atom is -0.298 e. The largest absolute Gasteiger partial charge is 0.298 e. The summed E-state index contributed by atoms with van der Waals surface area (Å²) in [5.74, 6) is -0.412. The number of hydrogen-bond acceptors (Lipinski definition) is 1. The summed E-state index contributed by atoms with van der Waals surface area (Å²) >= 11 is 3.09. The number of carbonyl (C=O) groups excluding carboxylic acids is 1. The molecule has 0 aliphatic heterocycles. The summed E-state index contributed by atoms with van der Waals surface area (Å²) in [6, 6.07) is 1.14. The number of halogens is 2. The van der Waals surface area contributed by atoms with Crippen molar-refractivity contribution < 1.29 is 9.18 Å². The highest BCUT2D eigenvalue weighted by Gasteiger charge is 2.09. The Hall–Kier alpha value is -0.635. The molecule has 0 atom stereocenters. The first-order valence-corrected chi connectivity index (χ1v) is 4.06. The van der Waals surface area contributed by atoms with Crippen molar-refractivity contribution in [2.45, 2.75) is 6.92 Å². The number of rotatable bonds is 1. The van der Waals surface area contributed by atoms with Gasteiger partial charge in [0.15, 0.2) is 6.29 Å². The molecule has 0 bridgehead atoms. The number of aldehydes is 1. The Morgan fingerprint density at radius 1 is 1.67 bits per heavy atom. The van der Waals surface area contributed by atoms with E-state index in [0.29, 0.717) is 21.9 Å². The van der Waals surface area contributed by atoms with Crippen molar-refractivity contribution in [1.82, 2.24) is 0 Å². The molecular weight excluding hydrogens is 222 g/mol. The zero-order chi connectivity index (χ0) is 9.30. The Labute approximate surface area is 79.5 Å². The van der Waals surface area contributed by atoms with Crippen molar-refractivity contribution in [3.63, 3.8) is 0 Å². The van der Waals surface area contributed by atoms with E-state index in [2.05, 4.69) is 15.9 Å². The van der Waals surface area contributed by atoms with Crippen molar-refractivity contribution in [2.24, 2.45) is 0 Å². The third-order valence-corrected chi connectivity index (χ3v) is 2.66. The smallest absolute Gasteiger partial charge is 0.150 e. The minimum atomic E-state index is -0.412. The molecule has 0 saturated carbocycles. The van der Waals surface area contributed by atoms with Crippen molar-refractivity contribution in [2.75, 3.05) is 0 Å². The molecule has 2 radical (unpaired) electrons. The van der Waals surface area contributed by atoms with E-state index in [1.807, 2.05) is 0 Å². The fourth-order valence-electron chi connectivity index (χ4n) is 0.876. The summed E-state index contributed by atoms with van der Waals surface area (Å²) in [6.07, 6.45) is 0.603. The molecule has 0 aliphatic carbocycles. The minimum absolute atomic E-state index is 0.153. The molecule has 0 heterocycles. The molecule has 0 unspecified atom stereocenters. The molecular formula is C8H5BBrFO. The van der Waals surface area contributed by atoms with E-state index < -0.39 is 5.82 Å². The van der Waals surface area contributed by atoms with Crippen LogP contribution in [0, 0.1) is 12.7 Å². The van der Waals surface area contributed by atoms with Gasteiger partial charge in [-0.15, -0.1) is 0 Å². The third kappa shape index (κ3) is 1.44. The maximum absolute atomic E-state index is 12.9. The Morgan fingerprint density at radius 3 is 2.75 bits per heavy atom. The van der Waals surface area contributed by atoms with Gasteiger partial charge in [0, 0.05) is 10.0 Å². The van der Waals surface area contributed by atoms with Crippen LogP contribution < -0.4 is 5.46 Å². The van der Waals surface area contributed by atoms with Crippen molar-refractivity contribution in [1.29, 1.82) is 0 Å². The fourth-order valence-corrected chi connectivity index (χ4v) is 1.39. The lowest BCUT2D eigenvalue weighted by Crippen LogP contribution is -2.13. The second-order valence-corrected chi connectivity index (χ2v) is 3.21. The van der Waals surface area contributed by atoms with Crippen LogP contribution in [0.1, 0.15) is 15.9 Å². The van der Waals surface area contributed by atoms with Gasteiger partial charge in [0.25, 0.3) is 0 Å². The molecule has 0 N–H and O–H groups in total. The second-order valence-electron chi connectivity index (χ2n) is 2.42. The Morgan fingerprint density at radius 2 is 2.25 bits per heavy atom. The average Bonchev–Trinajstić information content (AvgIpc) is 2.01. The van der Waals surface area contributed by atoms with Crippen molar-refractivity contribution in [3.8, 4) is 0 Å². The van der Waals surface area contributed by atoms with E-state index in [0.717, 1.165) is 6.07 Å². The molecule has 1 rings (SSSR count). The van der Waals surface area contributed by atoms with Crippen molar-refractivity contribution >= 4 is 35.5 Å². The fraction of sp³-hybridized carbons (Fsp3) is 0.125.